The Hall–Kier alpha value is -6.84. The highest BCUT2D eigenvalue weighted by atomic mass is 16.5. The molecule has 2 heterocycles. The second kappa shape index (κ2) is 12.6. The summed E-state index contributed by atoms with van der Waals surface area (Å²) in [7, 11) is 0. The molecule has 58 heavy (non-hydrogen) atoms. The summed E-state index contributed by atoms with van der Waals surface area (Å²) in [5.41, 5.74) is 20.4. The Kier molecular flexibility index (Phi) is 7.46. The minimum atomic E-state index is -0.186. The summed E-state index contributed by atoms with van der Waals surface area (Å²) in [6.45, 7) is 11.5. The van der Waals surface area contributed by atoms with E-state index in [4.69, 9.17) is 4.74 Å². The van der Waals surface area contributed by atoms with Crippen LogP contribution in [-0.4, -0.2) is 0 Å². The second-order valence-corrected chi connectivity index (χ2v) is 17.0. The quantitative estimate of drug-likeness (QED) is 0.174. The number of aryl methyl sites for hydroxylation is 1. The van der Waals surface area contributed by atoms with Crippen molar-refractivity contribution in [1.82, 2.24) is 0 Å². The van der Waals surface area contributed by atoms with E-state index in [0.29, 0.717) is 0 Å². The first-order valence-electron chi connectivity index (χ1n) is 20.4. The minimum Gasteiger partial charge on any atom is -0.452 e. The number of benzene rings is 8. The van der Waals surface area contributed by atoms with E-state index in [2.05, 4.69) is 220 Å². The molecule has 0 spiro atoms. The first kappa shape index (κ1) is 34.4. The molecule has 3 aliphatic rings. The van der Waals surface area contributed by atoms with Gasteiger partial charge in [0, 0.05) is 33.5 Å². The van der Waals surface area contributed by atoms with Crippen LogP contribution in [0, 0.1) is 6.92 Å². The molecule has 3 nitrogen and oxygen atoms in total. The predicted octanol–water partition coefficient (Wildman–Crippen LogP) is 15.3. The van der Waals surface area contributed by atoms with Gasteiger partial charge in [-0.3, -0.25) is 0 Å². The first-order chi connectivity index (χ1) is 28.2. The zero-order valence-corrected chi connectivity index (χ0v) is 33.5. The third kappa shape index (κ3) is 4.99. The Morgan fingerprint density at radius 1 is 0.431 bits per heavy atom. The van der Waals surface area contributed by atoms with Crippen molar-refractivity contribution in [2.24, 2.45) is 0 Å². The highest BCUT2D eigenvalue weighted by Gasteiger charge is 2.43. The van der Waals surface area contributed by atoms with Crippen LogP contribution in [0.2, 0.25) is 0 Å². The molecule has 2 aliphatic heterocycles. The molecule has 8 aromatic rings. The monoisotopic (exact) mass is 748 g/mol. The van der Waals surface area contributed by atoms with Crippen LogP contribution in [0.15, 0.2) is 176 Å². The number of nitrogens with zero attached hydrogens (tertiary/aromatic N) is 2. The van der Waals surface area contributed by atoms with E-state index in [1.165, 1.54) is 55.8 Å². The van der Waals surface area contributed by atoms with E-state index < -0.39 is 0 Å². The van der Waals surface area contributed by atoms with Gasteiger partial charge in [0.25, 0.3) is 0 Å². The highest BCUT2D eigenvalue weighted by molar-refractivity contribution is 5.98. The lowest BCUT2D eigenvalue weighted by Gasteiger charge is -2.45. The smallest absolute Gasteiger partial charge is 0.159 e. The number of anilines is 6. The number of hydrogen-bond donors (Lipinski definition) is 0. The van der Waals surface area contributed by atoms with Gasteiger partial charge in [0.1, 0.15) is 0 Å². The fourth-order valence-corrected chi connectivity index (χ4v) is 9.93. The van der Waals surface area contributed by atoms with Gasteiger partial charge in [-0.05, 0) is 111 Å². The third-order valence-corrected chi connectivity index (χ3v) is 13.0. The molecule has 0 amide bonds. The Labute approximate surface area is 341 Å². The first-order valence-corrected chi connectivity index (χ1v) is 20.4. The molecular weight excluding hydrogens is 705 g/mol. The maximum atomic E-state index is 6.93. The van der Waals surface area contributed by atoms with Crippen LogP contribution in [0.4, 0.5) is 34.1 Å². The van der Waals surface area contributed by atoms with E-state index in [1.807, 2.05) is 0 Å². The van der Waals surface area contributed by atoms with Gasteiger partial charge in [0.2, 0.25) is 0 Å². The summed E-state index contributed by atoms with van der Waals surface area (Å²) in [5, 5.41) is 0. The number of ether oxygens (including phenoxy) is 1. The average Bonchev–Trinajstić information content (AvgIpc) is 3.48. The molecule has 0 fully saturated rings. The molecule has 11 rings (SSSR count). The lowest BCUT2D eigenvalue weighted by molar-refractivity contribution is 0.472. The Balaban J connectivity index is 0.949. The van der Waals surface area contributed by atoms with Crippen molar-refractivity contribution in [3.63, 3.8) is 0 Å². The summed E-state index contributed by atoms with van der Waals surface area (Å²) < 4.78 is 6.93. The Morgan fingerprint density at radius 2 is 1.02 bits per heavy atom. The molecule has 3 heteroatoms. The van der Waals surface area contributed by atoms with Gasteiger partial charge >= 0.3 is 0 Å². The van der Waals surface area contributed by atoms with Gasteiger partial charge in [0.15, 0.2) is 11.5 Å². The maximum absolute atomic E-state index is 6.93. The van der Waals surface area contributed by atoms with Crippen molar-refractivity contribution in [3.8, 4) is 44.9 Å². The molecular formula is C55H44N2O. The SMILES string of the molecule is Cc1cccc2c1N1c3ccccc3C(C)(C)c3ccc(-c4ccc(-c5ccc(N(c6ccccc6)c6ccc7c(c6)C(C)(C)c6ccccc6-7)cc5)cc4)c(c31)O2. The van der Waals surface area contributed by atoms with Crippen molar-refractivity contribution in [2.75, 3.05) is 9.80 Å². The topological polar surface area (TPSA) is 15.7 Å². The van der Waals surface area contributed by atoms with Gasteiger partial charge in [-0.1, -0.05) is 155 Å². The van der Waals surface area contributed by atoms with Crippen LogP contribution >= 0.6 is 0 Å². The molecule has 0 N–H and O–H groups in total. The van der Waals surface area contributed by atoms with Gasteiger partial charge in [-0.2, -0.15) is 0 Å². The van der Waals surface area contributed by atoms with Gasteiger partial charge in [0.05, 0.1) is 17.1 Å². The van der Waals surface area contributed by atoms with Crippen LogP contribution < -0.4 is 14.5 Å². The number of fused-ring (bicyclic) bond motifs is 7. The molecule has 280 valence electrons. The summed E-state index contributed by atoms with van der Waals surface area (Å²) >= 11 is 0. The van der Waals surface area contributed by atoms with E-state index in [9.17, 15) is 0 Å². The van der Waals surface area contributed by atoms with Gasteiger partial charge in [-0.15, -0.1) is 0 Å². The minimum absolute atomic E-state index is 0.0752. The summed E-state index contributed by atoms with van der Waals surface area (Å²) in [5.74, 6) is 1.80. The second-order valence-electron chi connectivity index (χ2n) is 17.0. The zero-order chi connectivity index (χ0) is 39.3. The predicted molar refractivity (Wildman–Crippen MR) is 241 cm³/mol. The average molecular weight is 749 g/mol. The van der Waals surface area contributed by atoms with Crippen molar-refractivity contribution in [1.29, 1.82) is 0 Å². The van der Waals surface area contributed by atoms with Crippen molar-refractivity contribution < 1.29 is 4.74 Å². The normalized spacial score (nSPS) is 14.7. The fraction of sp³-hybridized carbons (Fsp3) is 0.127. The largest absolute Gasteiger partial charge is 0.452 e. The fourth-order valence-electron chi connectivity index (χ4n) is 9.93. The van der Waals surface area contributed by atoms with E-state index >= 15 is 0 Å². The molecule has 0 unspecified atom stereocenters. The van der Waals surface area contributed by atoms with Crippen LogP contribution in [0.3, 0.4) is 0 Å². The van der Waals surface area contributed by atoms with Crippen molar-refractivity contribution in [2.45, 2.75) is 45.4 Å². The van der Waals surface area contributed by atoms with Gasteiger partial charge in [-0.25, -0.2) is 0 Å². The van der Waals surface area contributed by atoms with Crippen LogP contribution in [0.5, 0.6) is 11.5 Å². The summed E-state index contributed by atoms with van der Waals surface area (Å²) in [6, 6.07) is 64.2. The highest BCUT2D eigenvalue weighted by Crippen LogP contribution is 2.62. The van der Waals surface area contributed by atoms with E-state index in [1.54, 1.807) is 0 Å². The zero-order valence-electron chi connectivity index (χ0n) is 33.5. The third-order valence-electron chi connectivity index (χ3n) is 13.0. The molecule has 0 saturated carbocycles. The summed E-state index contributed by atoms with van der Waals surface area (Å²) in [6.07, 6.45) is 0. The molecule has 8 aromatic carbocycles. The van der Waals surface area contributed by atoms with Crippen LogP contribution in [0.1, 0.15) is 55.5 Å². The van der Waals surface area contributed by atoms with Gasteiger partial charge < -0.3 is 14.5 Å². The van der Waals surface area contributed by atoms with E-state index in [0.717, 1.165) is 51.1 Å². The molecule has 0 atom stereocenters. The number of rotatable bonds is 5. The standard InChI is InChI=1S/C55H44N2O/c1-35-14-13-21-50-51(35)57-49-20-12-11-19-46(49)55(4,5)47-33-32-42(53(58-50)52(47)57)38-24-22-36(23-25-38)37-26-28-40(29-27-37)56(39-15-7-6-8-16-39)41-30-31-44-43-17-9-10-18-45(43)54(2,3)48(44)34-41/h6-34H,1-5H3. The molecule has 0 saturated heterocycles. The Bertz CT molecular complexity index is 2920. The lowest BCUT2D eigenvalue weighted by atomic mass is 9.72. The maximum Gasteiger partial charge on any atom is 0.159 e. The van der Waals surface area contributed by atoms with Crippen molar-refractivity contribution >= 4 is 34.1 Å². The number of para-hydroxylation sites is 3. The van der Waals surface area contributed by atoms with Crippen molar-refractivity contribution in [3.05, 3.63) is 204 Å². The molecule has 0 bridgehead atoms. The Morgan fingerprint density at radius 3 is 1.79 bits per heavy atom. The molecule has 0 aromatic heterocycles. The number of hydrogen-bond acceptors (Lipinski definition) is 3. The van der Waals surface area contributed by atoms with Crippen LogP contribution in [0.25, 0.3) is 33.4 Å². The molecule has 0 radical (unpaired) electrons. The summed E-state index contributed by atoms with van der Waals surface area (Å²) in [4.78, 5) is 4.82. The van der Waals surface area contributed by atoms with E-state index in [-0.39, 0.29) is 10.8 Å². The van der Waals surface area contributed by atoms with Crippen LogP contribution in [-0.2, 0) is 10.8 Å². The molecule has 1 aliphatic carbocycles. The lowest BCUT2D eigenvalue weighted by Crippen LogP contribution is -2.32.